The fraction of sp³-hybridized carbons (Fsp3) is 0.583. The van der Waals surface area contributed by atoms with Crippen molar-refractivity contribution in [2.24, 2.45) is 12.0 Å². The Bertz CT molecular complexity index is 826. The zero-order valence-electron chi connectivity index (χ0n) is 20.1. The third kappa shape index (κ3) is 7.65. The lowest BCUT2D eigenvalue weighted by Crippen LogP contribution is -2.46. The van der Waals surface area contributed by atoms with Crippen molar-refractivity contribution in [3.05, 3.63) is 47.3 Å². The van der Waals surface area contributed by atoms with Crippen LogP contribution in [0.1, 0.15) is 36.7 Å². The molecule has 3 rings (SSSR count). The summed E-state index contributed by atoms with van der Waals surface area (Å²) in [5.41, 5.74) is 4.81. The van der Waals surface area contributed by atoms with Gasteiger partial charge in [-0.3, -0.25) is 9.58 Å². The summed E-state index contributed by atoms with van der Waals surface area (Å²) in [6, 6.07) is 10.8. The summed E-state index contributed by atoms with van der Waals surface area (Å²) in [4.78, 5) is 9.85. The van der Waals surface area contributed by atoms with E-state index >= 15 is 0 Å². The molecule has 8 heteroatoms. The molecular weight excluding hydrogens is 513 g/mol. The normalized spacial score (nSPS) is 14.9. The number of benzene rings is 1. The minimum absolute atomic E-state index is 0. The smallest absolute Gasteiger partial charge is 0.191 e. The first-order valence-corrected chi connectivity index (χ1v) is 11.6. The molecule has 0 aliphatic carbocycles. The molecule has 2 heterocycles. The van der Waals surface area contributed by atoms with Gasteiger partial charge in [-0.25, -0.2) is 4.99 Å². The minimum atomic E-state index is 0. The third-order valence-corrected chi connectivity index (χ3v) is 6.09. The Morgan fingerprint density at radius 2 is 1.75 bits per heavy atom. The first kappa shape index (κ1) is 26.4. The molecule has 1 aliphatic heterocycles. The number of para-hydroxylation sites is 1. The van der Waals surface area contributed by atoms with Crippen molar-refractivity contribution >= 4 is 35.6 Å². The predicted octanol–water partition coefficient (Wildman–Crippen LogP) is 3.31. The standard InChI is InChI=1S/C24H39N7.HI/c1-5-25-24(27-19-23-20(2)28-29(4)21(23)3)26-13-9-10-14-30-15-17-31(18-16-30)22-11-7-6-8-12-22;/h6-8,11-12H,5,9-10,13-19H2,1-4H3,(H2,25,26,27);1H. The maximum absolute atomic E-state index is 4.77. The number of piperazine rings is 1. The molecule has 0 spiro atoms. The maximum Gasteiger partial charge on any atom is 0.191 e. The van der Waals surface area contributed by atoms with Gasteiger partial charge in [0.15, 0.2) is 5.96 Å². The minimum Gasteiger partial charge on any atom is -0.369 e. The number of rotatable bonds is 9. The number of hydrogen-bond donors (Lipinski definition) is 2. The van der Waals surface area contributed by atoms with Crippen molar-refractivity contribution in [2.45, 2.75) is 40.2 Å². The molecule has 0 atom stereocenters. The van der Waals surface area contributed by atoms with E-state index in [1.165, 1.54) is 29.9 Å². The van der Waals surface area contributed by atoms with Crippen molar-refractivity contribution in [3.8, 4) is 0 Å². The van der Waals surface area contributed by atoms with Gasteiger partial charge in [0.1, 0.15) is 0 Å². The van der Waals surface area contributed by atoms with E-state index in [4.69, 9.17) is 4.99 Å². The molecule has 0 saturated carbocycles. The summed E-state index contributed by atoms with van der Waals surface area (Å²) in [5, 5.41) is 11.3. The van der Waals surface area contributed by atoms with Gasteiger partial charge in [-0.2, -0.15) is 5.10 Å². The van der Waals surface area contributed by atoms with Crippen molar-refractivity contribution in [2.75, 3.05) is 50.7 Å². The molecule has 2 aromatic rings. The van der Waals surface area contributed by atoms with Crippen LogP contribution in [0.25, 0.3) is 0 Å². The highest BCUT2D eigenvalue weighted by Crippen LogP contribution is 2.16. The monoisotopic (exact) mass is 553 g/mol. The Morgan fingerprint density at radius 1 is 1.03 bits per heavy atom. The fourth-order valence-corrected chi connectivity index (χ4v) is 4.08. The average molecular weight is 554 g/mol. The Hall–Kier alpha value is -1.81. The third-order valence-electron chi connectivity index (χ3n) is 6.09. The van der Waals surface area contributed by atoms with Crippen molar-refractivity contribution < 1.29 is 0 Å². The van der Waals surface area contributed by atoms with Crippen LogP contribution in [-0.4, -0.2) is 66.5 Å². The predicted molar refractivity (Wildman–Crippen MR) is 145 cm³/mol. The molecular formula is C24H40IN7. The second-order valence-electron chi connectivity index (χ2n) is 8.27. The number of aryl methyl sites for hydroxylation is 2. The maximum atomic E-state index is 4.77. The van der Waals surface area contributed by atoms with E-state index in [-0.39, 0.29) is 24.0 Å². The molecule has 0 amide bonds. The van der Waals surface area contributed by atoms with Crippen LogP contribution in [-0.2, 0) is 13.6 Å². The summed E-state index contributed by atoms with van der Waals surface area (Å²) < 4.78 is 1.93. The lowest BCUT2D eigenvalue weighted by Gasteiger charge is -2.36. The fourth-order valence-electron chi connectivity index (χ4n) is 4.08. The molecule has 1 aromatic carbocycles. The highest BCUT2D eigenvalue weighted by molar-refractivity contribution is 14.0. The molecule has 1 saturated heterocycles. The number of anilines is 1. The van der Waals surface area contributed by atoms with Gasteiger partial charge >= 0.3 is 0 Å². The van der Waals surface area contributed by atoms with Crippen LogP contribution in [0.5, 0.6) is 0 Å². The van der Waals surface area contributed by atoms with Crippen molar-refractivity contribution in [1.82, 2.24) is 25.3 Å². The first-order chi connectivity index (χ1) is 15.1. The van der Waals surface area contributed by atoms with Gasteiger partial charge in [0, 0.05) is 63.3 Å². The Labute approximate surface area is 210 Å². The summed E-state index contributed by atoms with van der Waals surface area (Å²) in [6.45, 7) is 14.4. The zero-order valence-corrected chi connectivity index (χ0v) is 22.4. The van der Waals surface area contributed by atoms with Crippen LogP contribution in [0.4, 0.5) is 5.69 Å². The molecule has 7 nitrogen and oxygen atoms in total. The Kier molecular flexibility index (Phi) is 11.3. The van der Waals surface area contributed by atoms with Crippen LogP contribution in [0.3, 0.4) is 0 Å². The quantitative estimate of drug-likeness (QED) is 0.216. The molecule has 32 heavy (non-hydrogen) atoms. The number of aliphatic imine (C=N–C) groups is 1. The van der Waals surface area contributed by atoms with Crippen LogP contribution >= 0.6 is 24.0 Å². The van der Waals surface area contributed by atoms with E-state index in [9.17, 15) is 0 Å². The Balaban J connectivity index is 0.00000363. The van der Waals surface area contributed by atoms with Gasteiger partial charge < -0.3 is 15.5 Å². The summed E-state index contributed by atoms with van der Waals surface area (Å²) in [6.07, 6.45) is 2.35. The number of halogens is 1. The molecule has 1 fully saturated rings. The topological polar surface area (TPSA) is 60.7 Å². The average Bonchev–Trinajstić information content (AvgIpc) is 3.03. The molecule has 0 radical (unpaired) electrons. The zero-order chi connectivity index (χ0) is 22.1. The number of aromatic nitrogens is 2. The van der Waals surface area contributed by atoms with E-state index in [1.54, 1.807) is 0 Å². The summed E-state index contributed by atoms with van der Waals surface area (Å²) in [7, 11) is 1.99. The summed E-state index contributed by atoms with van der Waals surface area (Å²) in [5.74, 6) is 0.890. The van der Waals surface area contributed by atoms with Crippen molar-refractivity contribution in [1.29, 1.82) is 0 Å². The van der Waals surface area contributed by atoms with E-state index in [0.717, 1.165) is 57.3 Å². The van der Waals surface area contributed by atoms with E-state index in [2.05, 4.69) is 76.6 Å². The molecule has 0 unspecified atom stereocenters. The van der Waals surface area contributed by atoms with Crippen LogP contribution < -0.4 is 15.5 Å². The SMILES string of the molecule is CCNC(=NCc1c(C)nn(C)c1C)NCCCCN1CCN(c2ccccc2)CC1.I. The van der Waals surface area contributed by atoms with Crippen molar-refractivity contribution in [3.63, 3.8) is 0 Å². The lowest BCUT2D eigenvalue weighted by molar-refractivity contribution is 0.253. The van der Waals surface area contributed by atoms with E-state index in [1.807, 2.05) is 11.7 Å². The molecule has 2 N–H and O–H groups in total. The number of hydrogen-bond acceptors (Lipinski definition) is 4. The van der Waals surface area contributed by atoms with E-state index in [0.29, 0.717) is 6.54 Å². The first-order valence-electron chi connectivity index (χ1n) is 11.6. The highest BCUT2D eigenvalue weighted by atomic mass is 127. The Morgan fingerprint density at radius 3 is 2.38 bits per heavy atom. The van der Waals surface area contributed by atoms with Crippen LogP contribution in [0.2, 0.25) is 0 Å². The number of nitrogens with one attached hydrogen (secondary N) is 2. The highest BCUT2D eigenvalue weighted by Gasteiger charge is 2.16. The lowest BCUT2D eigenvalue weighted by atomic mass is 10.2. The molecule has 0 bridgehead atoms. The van der Waals surface area contributed by atoms with Crippen LogP contribution in [0.15, 0.2) is 35.3 Å². The molecule has 178 valence electrons. The van der Waals surface area contributed by atoms with Gasteiger partial charge in [0.25, 0.3) is 0 Å². The number of guanidine groups is 1. The van der Waals surface area contributed by atoms with E-state index < -0.39 is 0 Å². The molecule has 1 aliphatic rings. The van der Waals surface area contributed by atoms with Gasteiger partial charge in [-0.15, -0.1) is 24.0 Å². The second-order valence-corrected chi connectivity index (χ2v) is 8.27. The number of unbranched alkanes of at least 4 members (excludes halogenated alkanes) is 1. The van der Waals surface area contributed by atoms with Gasteiger partial charge in [-0.05, 0) is 52.3 Å². The van der Waals surface area contributed by atoms with Gasteiger partial charge in [0.05, 0.1) is 12.2 Å². The summed E-state index contributed by atoms with van der Waals surface area (Å²) >= 11 is 0. The molecule has 1 aromatic heterocycles. The number of nitrogens with zero attached hydrogens (tertiary/aromatic N) is 5. The largest absolute Gasteiger partial charge is 0.369 e. The van der Waals surface area contributed by atoms with Gasteiger partial charge in [-0.1, -0.05) is 18.2 Å². The van der Waals surface area contributed by atoms with Gasteiger partial charge in [0.2, 0.25) is 0 Å². The van der Waals surface area contributed by atoms with Crippen LogP contribution in [0, 0.1) is 13.8 Å². The second kappa shape index (κ2) is 13.7.